The minimum absolute atomic E-state index is 0.191. The molecule has 2 rings (SSSR count). The normalized spacial score (nSPS) is 11.2. The van der Waals surface area contributed by atoms with Gasteiger partial charge in [0.2, 0.25) is 0 Å². The number of sulfonamides is 1. The quantitative estimate of drug-likeness (QED) is 0.753. The van der Waals surface area contributed by atoms with Crippen molar-refractivity contribution in [3.05, 3.63) is 54.1 Å². The van der Waals surface area contributed by atoms with Gasteiger partial charge < -0.3 is 9.47 Å². The molecular formula is C17H21NO4S. The van der Waals surface area contributed by atoms with E-state index in [2.05, 4.69) is 11.6 Å². The van der Waals surface area contributed by atoms with Gasteiger partial charge in [-0.3, -0.25) is 4.72 Å². The van der Waals surface area contributed by atoms with E-state index in [0.717, 1.165) is 12.0 Å². The van der Waals surface area contributed by atoms with E-state index in [4.69, 9.17) is 9.47 Å². The highest BCUT2D eigenvalue weighted by Gasteiger charge is 2.14. The van der Waals surface area contributed by atoms with Crippen LogP contribution in [0.1, 0.15) is 12.5 Å². The summed E-state index contributed by atoms with van der Waals surface area (Å²) >= 11 is 0. The molecule has 5 nitrogen and oxygen atoms in total. The van der Waals surface area contributed by atoms with Gasteiger partial charge in [0, 0.05) is 12.8 Å². The van der Waals surface area contributed by atoms with Crippen LogP contribution < -0.4 is 9.46 Å². The van der Waals surface area contributed by atoms with Crippen molar-refractivity contribution in [2.75, 3.05) is 25.0 Å². The molecule has 0 amide bonds. The summed E-state index contributed by atoms with van der Waals surface area (Å²) in [5, 5.41) is 0. The molecule has 2 aromatic carbocycles. The molecule has 0 atom stereocenters. The van der Waals surface area contributed by atoms with E-state index in [-0.39, 0.29) is 4.90 Å². The molecule has 0 fully saturated rings. The minimum Gasteiger partial charge on any atom is -0.491 e. The number of ether oxygens (including phenoxy) is 2. The van der Waals surface area contributed by atoms with Crippen LogP contribution in [0, 0.1) is 0 Å². The highest BCUT2D eigenvalue weighted by atomic mass is 32.2. The molecule has 0 spiro atoms. The van der Waals surface area contributed by atoms with E-state index in [9.17, 15) is 8.42 Å². The zero-order valence-electron chi connectivity index (χ0n) is 13.3. The molecule has 0 radical (unpaired) electrons. The minimum atomic E-state index is -3.61. The number of nitrogens with one attached hydrogen (secondary N) is 1. The van der Waals surface area contributed by atoms with Crippen LogP contribution in [0.25, 0.3) is 0 Å². The van der Waals surface area contributed by atoms with Gasteiger partial charge in [0.05, 0.1) is 11.5 Å². The lowest BCUT2D eigenvalue weighted by Crippen LogP contribution is -2.13. The Kier molecular flexibility index (Phi) is 6.01. The molecule has 0 unspecified atom stereocenters. The van der Waals surface area contributed by atoms with Gasteiger partial charge in [0.15, 0.2) is 0 Å². The Bertz CT molecular complexity index is 709. The first-order chi connectivity index (χ1) is 11.0. The maximum absolute atomic E-state index is 12.4. The first-order valence-corrected chi connectivity index (χ1v) is 8.87. The molecule has 0 saturated carbocycles. The highest BCUT2D eigenvalue weighted by Crippen LogP contribution is 2.19. The lowest BCUT2D eigenvalue weighted by atomic mass is 10.2. The van der Waals surface area contributed by atoms with Gasteiger partial charge in [-0.2, -0.15) is 0 Å². The summed E-state index contributed by atoms with van der Waals surface area (Å²) in [7, 11) is -2.01. The topological polar surface area (TPSA) is 64.6 Å². The summed E-state index contributed by atoms with van der Waals surface area (Å²) in [6.07, 6.45) is 0.914. The third kappa shape index (κ3) is 4.97. The molecule has 0 aliphatic rings. The SMILES string of the molecule is CCc1ccc(NS(=O)(=O)c2ccc(OCCOC)cc2)cc1. The Balaban J connectivity index is 2.06. The lowest BCUT2D eigenvalue weighted by molar-refractivity contribution is 0.146. The summed E-state index contributed by atoms with van der Waals surface area (Å²) in [4.78, 5) is 0.191. The van der Waals surface area contributed by atoms with E-state index in [1.807, 2.05) is 12.1 Å². The van der Waals surface area contributed by atoms with Crippen molar-refractivity contribution in [2.24, 2.45) is 0 Å². The van der Waals surface area contributed by atoms with Crippen LogP contribution in [0.4, 0.5) is 5.69 Å². The number of methoxy groups -OCH3 is 1. The number of aryl methyl sites for hydroxylation is 1. The predicted molar refractivity (Wildman–Crippen MR) is 90.4 cm³/mol. The van der Waals surface area contributed by atoms with Crippen molar-refractivity contribution in [2.45, 2.75) is 18.2 Å². The summed E-state index contributed by atoms with van der Waals surface area (Å²) in [6.45, 7) is 2.95. The van der Waals surface area contributed by atoms with E-state index in [0.29, 0.717) is 24.7 Å². The number of anilines is 1. The number of rotatable bonds is 8. The van der Waals surface area contributed by atoms with Crippen LogP contribution in [0.15, 0.2) is 53.4 Å². The van der Waals surface area contributed by atoms with Gasteiger partial charge in [-0.1, -0.05) is 19.1 Å². The second-order valence-corrected chi connectivity index (χ2v) is 6.65. The van der Waals surface area contributed by atoms with Gasteiger partial charge in [-0.05, 0) is 48.4 Å². The zero-order chi connectivity index (χ0) is 16.7. The molecule has 2 aromatic rings. The standard InChI is InChI=1S/C17H21NO4S/c1-3-14-4-6-15(7-5-14)18-23(19,20)17-10-8-16(9-11-17)22-13-12-21-2/h4-11,18H,3,12-13H2,1-2H3. The summed E-state index contributed by atoms with van der Waals surface area (Å²) in [6, 6.07) is 13.6. The summed E-state index contributed by atoms with van der Waals surface area (Å²) in [5.74, 6) is 0.605. The fourth-order valence-electron chi connectivity index (χ4n) is 1.98. The Labute approximate surface area is 137 Å². The number of hydrogen-bond acceptors (Lipinski definition) is 4. The Morgan fingerprint density at radius 2 is 1.61 bits per heavy atom. The molecule has 0 aromatic heterocycles. The molecule has 1 N–H and O–H groups in total. The molecule has 23 heavy (non-hydrogen) atoms. The smallest absolute Gasteiger partial charge is 0.261 e. The number of benzene rings is 2. The van der Waals surface area contributed by atoms with Crippen LogP contribution in [0.2, 0.25) is 0 Å². The molecule has 0 aliphatic heterocycles. The van der Waals surface area contributed by atoms with Crippen molar-refractivity contribution < 1.29 is 17.9 Å². The first-order valence-electron chi connectivity index (χ1n) is 7.38. The second kappa shape index (κ2) is 7.99. The molecule has 0 saturated heterocycles. The molecule has 0 heterocycles. The fraction of sp³-hybridized carbons (Fsp3) is 0.294. The molecular weight excluding hydrogens is 314 g/mol. The van der Waals surface area contributed by atoms with Crippen molar-refractivity contribution in [3.63, 3.8) is 0 Å². The zero-order valence-corrected chi connectivity index (χ0v) is 14.1. The Hall–Kier alpha value is -2.05. The van der Waals surface area contributed by atoms with Crippen LogP contribution in [-0.4, -0.2) is 28.7 Å². The second-order valence-electron chi connectivity index (χ2n) is 4.97. The Morgan fingerprint density at radius 3 is 2.17 bits per heavy atom. The summed E-state index contributed by atoms with van der Waals surface area (Å²) < 4.78 is 37.6. The van der Waals surface area contributed by atoms with E-state index < -0.39 is 10.0 Å². The third-order valence-electron chi connectivity index (χ3n) is 3.30. The van der Waals surface area contributed by atoms with E-state index >= 15 is 0 Å². The van der Waals surface area contributed by atoms with Crippen molar-refractivity contribution in [1.82, 2.24) is 0 Å². The van der Waals surface area contributed by atoms with Crippen LogP contribution in [-0.2, 0) is 21.2 Å². The monoisotopic (exact) mass is 335 g/mol. The van der Waals surface area contributed by atoms with Crippen molar-refractivity contribution in [3.8, 4) is 5.75 Å². The van der Waals surface area contributed by atoms with E-state index in [1.165, 1.54) is 12.1 Å². The maximum Gasteiger partial charge on any atom is 0.261 e. The van der Waals surface area contributed by atoms with Gasteiger partial charge in [0.1, 0.15) is 12.4 Å². The van der Waals surface area contributed by atoms with Gasteiger partial charge >= 0.3 is 0 Å². The largest absolute Gasteiger partial charge is 0.491 e. The summed E-state index contributed by atoms with van der Waals surface area (Å²) in [5.41, 5.74) is 1.70. The maximum atomic E-state index is 12.4. The van der Waals surface area contributed by atoms with Crippen LogP contribution in [0.5, 0.6) is 5.75 Å². The molecule has 6 heteroatoms. The lowest BCUT2D eigenvalue weighted by Gasteiger charge is -2.10. The highest BCUT2D eigenvalue weighted by molar-refractivity contribution is 7.92. The predicted octanol–water partition coefficient (Wildman–Crippen LogP) is 3.08. The molecule has 0 aliphatic carbocycles. The third-order valence-corrected chi connectivity index (χ3v) is 4.70. The number of hydrogen-bond donors (Lipinski definition) is 1. The first kappa shape index (κ1) is 17.3. The molecule has 124 valence electrons. The van der Waals surface area contributed by atoms with Gasteiger partial charge in [-0.15, -0.1) is 0 Å². The van der Waals surface area contributed by atoms with Crippen LogP contribution >= 0.6 is 0 Å². The van der Waals surface area contributed by atoms with Gasteiger partial charge in [-0.25, -0.2) is 8.42 Å². The van der Waals surface area contributed by atoms with Gasteiger partial charge in [0.25, 0.3) is 10.0 Å². The average Bonchev–Trinajstić information content (AvgIpc) is 2.56. The average molecular weight is 335 g/mol. The molecule has 0 bridgehead atoms. The fourth-order valence-corrected chi connectivity index (χ4v) is 3.04. The van der Waals surface area contributed by atoms with E-state index in [1.54, 1.807) is 31.4 Å². The van der Waals surface area contributed by atoms with Crippen LogP contribution in [0.3, 0.4) is 0 Å². The van der Waals surface area contributed by atoms with Crippen molar-refractivity contribution >= 4 is 15.7 Å². The van der Waals surface area contributed by atoms with Crippen molar-refractivity contribution in [1.29, 1.82) is 0 Å². The Morgan fingerprint density at radius 1 is 0.957 bits per heavy atom.